The van der Waals surface area contributed by atoms with Gasteiger partial charge in [0.05, 0.1) is 11.2 Å². The molecule has 1 amide bonds. The summed E-state index contributed by atoms with van der Waals surface area (Å²) in [5, 5.41) is 3.62. The minimum atomic E-state index is -0.521. The van der Waals surface area contributed by atoms with Crippen molar-refractivity contribution < 1.29 is 18.8 Å². The molecule has 0 bridgehead atoms. The molecule has 0 saturated carbocycles. The Kier molecular flexibility index (Phi) is 5.07. The lowest BCUT2D eigenvalue weighted by molar-refractivity contribution is 0.00578. The maximum atomic E-state index is 12.1. The molecule has 1 unspecified atom stereocenters. The second-order valence-electron chi connectivity index (χ2n) is 9.47. The first-order chi connectivity index (χ1) is 12.3. The van der Waals surface area contributed by atoms with Crippen molar-refractivity contribution in [3.63, 3.8) is 0 Å². The van der Waals surface area contributed by atoms with Gasteiger partial charge in [-0.15, -0.1) is 0 Å². The predicted octanol–water partition coefficient (Wildman–Crippen LogP) is 3.63. The molecule has 1 heterocycles. The molecule has 0 radical (unpaired) electrons. The first-order valence-electron chi connectivity index (χ1n) is 9.44. The van der Waals surface area contributed by atoms with Gasteiger partial charge in [0.25, 0.3) is 0 Å². The summed E-state index contributed by atoms with van der Waals surface area (Å²) in [7, 11) is -0.470. The van der Waals surface area contributed by atoms with Crippen LogP contribution in [0.4, 0.5) is 4.79 Å². The Morgan fingerprint density at radius 3 is 2.33 bits per heavy atom. The Morgan fingerprint density at radius 2 is 1.78 bits per heavy atom. The number of halogens is 1. The van der Waals surface area contributed by atoms with Crippen molar-refractivity contribution in [2.24, 2.45) is 0 Å². The van der Waals surface area contributed by atoms with Crippen molar-refractivity contribution in [2.75, 3.05) is 0 Å². The van der Waals surface area contributed by atoms with Gasteiger partial charge in [0, 0.05) is 11.1 Å². The average molecular weight is 394 g/mol. The molecule has 1 aromatic carbocycles. The van der Waals surface area contributed by atoms with E-state index in [9.17, 15) is 4.79 Å². The lowest BCUT2D eigenvalue weighted by atomic mass is 9.75. The number of benzene rings is 1. The zero-order valence-corrected chi connectivity index (χ0v) is 18.0. The molecule has 1 fully saturated rings. The maximum Gasteiger partial charge on any atom is 0.495 e. The van der Waals surface area contributed by atoms with Crippen LogP contribution in [0.3, 0.4) is 0 Å². The molecule has 0 aromatic heterocycles. The molecule has 2 aliphatic rings. The molecule has 7 heteroatoms. The Labute approximate surface area is 167 Å². The van der Waals surface area contributed by atoms with Crippen LogP contribution in [0.2, 0.25) is 5.02 Å². The number of hydrogen-bond acceptors (Lipinski definition) is 4. The van der Waals surface area contributed by atoms with Gasteiger partial charge in [0.15, 0.2) is 0 Å². The Hall–Kier alpha value is -1.24. The van der Waals surface area contributed by atoms with Crippen LogP contribution in [-0.2, 0) is 26.9 Å². The van der Waals surface area contributed by atoms with Gasteiger partial charge < -0.3 is 19.4 Å². The zero-order chi connectivity index (χ0) is 20.2. The van der Waals surface area contributed by atoms with Gasteiger partial charge in [0.1, 0.15) is 5.60 Å². The van der Waals surface area contributed by atoms with Gasteiger partial charge >= 0.3 is 13.2 Å². The molecule has 1 aliphatic heterocycles. The van der Waals surface area contributed by atoms with Crippen LogP contribution < -0.4 is 10.8 Å². The van der Waals surface area contributed by atoms with Crippen LogP contribution in [0.15, 0.2) is 12.1 Å². The molecule has 148 valence electrons. The van der Waals surface area contributed by atoms with E-state index in [-0.39, 0.29) is 6.04 Å². The van der Waals surface area contributed by atoms with Gasteiger partial charge in [-0.3, -0.25) is 0 Å². The summed E-state index contributed by atoms with van der Waals surface area (Å²) in [6, 6.07) is 3.84. The normalized spacial score (nSPS) is 23.3. The van der Waals surface area contributed by atoms with E-state index in [0.717, 1.165) is 16.6 Å². The first kappa shape index (κ1) is 20.5. The highest BCUT2D eigenvalue weighted by atomic mass is 35.5. The van der Waals surface area contributed by atoms with E-state index in [1.54, 1.807) is 0 Å². The van der Waals surface area contributed by atoms with E-state index in [1.165, 1.54) is 0 Å². The Morgan fingerprint density at radius 1 is 1.19 bits per heavy atom. The molecule has 1 N–H and O–H groups in total. The second-order valence-corrected chi connectivity index (χ2v) is 9.91. The molecule has 1 aliphatic carbocycles. The van der Waals surface area contributed by atoms with E-state index in [4.69, 9.17) is 25.6 Å². The molecule has 1 saturated heterocycles. The number of nitrogens with one attached hydrogen (secondary N) is 1. The third kappa shape index (κ3) is 4.28. The minimum Gasteiger partial charge on any atom is -0.444 e. The highest BCUT2D eigenvalue weighted by molar-refractivity contribution is 6.63. The van der Waals surface area contributed by atoms with Crippen LogP contribution in [0, 0.1) is 0 Å². The van der Waals surface area contributed by atoms with E-state index < -0.39 is 30.0 Å². The summed E-state index contributed by atoms with van der Waals surface area (Å²) in [6.45, 7) is 13.7. The lowest BCUT2D eigenvalue weighted by Gasteiger charge is -2.32. The molecule has 1 atom stereocenters. The van der Waals surface area contributed by atoms with Gasteiger partial charge in [-0.25, -0.2) is 4.79 Å². The fraction of sp³-hybridized carbons (Fsp3) is 0.650. The lowest BCUT2D eigenvalue weighted by Crippen LogP contribution is -2.41. The van der Waals surface area contributed by atoms with Crippen molar-refractivity contribution in [3.05, 3.63) is 28.3 Å². The Bertz CT molecular complexity index is 741. The topological polar surface area (TPSA) is 56.8 Å². The summed E-state index contributed by atoms with van der Waals surface area (Å²) < 4.78 is 17.8. The number of carbonyl (C=O) groups excluding carboxylic acids is 1. The summed E-state index contributed by atoms with van der Waals surface area (Å²) >= 11 is 6.37. The SMILES string of the molecule is CC(C)(C)OC(=O)NC1Cc2cc(Cl)cc(B3OC(C)(C)C(C)(C)O3)c2C1. The number of hydrogen-bond donors (Lipinski definition) is 1. The standard InChI is InChI=1S/C20H29BClNO4/c1-18(2,3)25-17(24)23-14-9-12-8-13(22)10-16(15(12)11-14)21-26-19(4,5)20(6,7)27-21/h8,10,14H,9,11H2,1-7H3,(H,23,24). The summed E-state index contributed by atoms with van der Waals surface area (Å²) in [4.78, 5) is 12.1. The molecule has 5 nitrogen and oxygen atoms in total. The van der Waals surface area contributed by atoms with Crippen molar-refractivity contribution in [3.8, 4) is 0 Å². The van der Waals surface area contributed by atoms with E-state index >= 15 is 0 Å². The average Bonchev–Trinajstić information content (AvgIpc) is 2.93. The highest BCUT2D eigenvalue weighted by Crippen LogP contribution is 2.37. The van der Waals surface area contributed by atoms with Crippen LogP contribution in [0.25, 0.3) is 0 Å². The van der Waals surface area contributed by atoms with Crippen molar-refractivity contribution >= 4 is 30.3 Å². The maximum absolute atomic E-state index is 12.1. The number of rotatable bonds is 2. The third-order valence-electron chi connectivity index (χ3n) is 5.49. The van der Waals surface area contributed by atoms with Crippen LogP contribution in [0.5, 0.6) is 0 Å². The number of amides is 1. The third-order valence-corrected chi connectivity index (χ3v) is 5.70. The molecular formula is C20H29BClNO4. The smallest absolute Gasteiger partial charge is 0.444 e. The molecule has 1 aromatic rings. The number of alkyl carbamates (subject to hydrolysis) is 1. The summed E-state index contributed by atoms with van der Waals surface area (Å²) in [6.07, 6.45) is 1.01. The quantitative estimate of drug-likeness (QED) is 0.780. The summed E-state index contributed by atoms with van der Waals surface area (Å²) in [5.74, 6) is 0. The number of ether oxygens (including phenoxy) is 1. The van der Waals surface area contributed by atoms with Crippen LogP contribution in [0.1, 0.15) is 59.6 Å². The largest absolute Gasteiger partial charge is 0.495 e. The van der Waals surface area contributed by atoms with Crippen LogP contribution >= 0.6 is 11.6 Å². The van der Waals surface area contributed by atoms with Gasteiger partial charge in [0.2, 0.25) is 0 Å². The highest BCUT2D eigenvalue weighted by Gasteiger charge is 2.52. The van der Waals surface area contributed by atoms with Crippen molar-refractivity contribution in [1.82, 2.24) is 5.32 Å². The second kappa shape index (κ2) is 6.68. The van der Waals surface area contributed by atoms with Gasteiger partial charge in [-0.1, -0.05) is 11.6 Å². The molecule has 0 spiro atoms. The molecule has 3 rings (SSSR count). The molecular weight excluding hydrogens is 364 g/mol. The number of carbonyl (C=O) groups is 1. The number of fused-ring (bicyclic) bond motifs is 1. The zero-order valence-electron chi connectivity index (χ0n) is 17.2. The van der Waals surface area contributed by atoms with Gasteiger partial charge in [-0.05, 0) is 90.0 Å². The predicted molar refractivity (Wildman–Crippen MR) is 108 cm³/mol. The van der Waals surface area contributed by atoms with Crippen molar-refractivity contribution in [2.45, 2.75) is 84.2 Å². The minimum absolute atomic E-state index is 0.0329. The van der Waals surface area contributed by atoms with E-state index in [0.29, 0.717) is 17.9 Å². The van der Waals surface area contributed by atoms with Crippen molar-refractivity contribution in [1.29, 1.82) is 0 Å². The summed E-state index contributed by atoms with van der Waals surface area (Å²) in [5.41, 5.74) is 1.85. The fourth-order valence-corrected chi connectivity index (χ4v) is 3.74. The van der Waals surface area contributed by atoms with Crippen LogP contribution in [-0.4, -0.2) is 36.1 Å². The fourth-order valence-electron chi connectivity index (χ4n) is 3.49. The first-order valence-corrected chi connectivity index (χ1v) is 9.81. The van der Waals surface area contributed by atoms with Gasteiger partial charge in [-0.2, -0.15) is 0 Å². The Balaban J connectivity index is 1.80. The monoisotopic (exact) mass is 393 g/mol. The van der Waals surface area contributed by atoms with E-state index in [2.05, 4.69) is 5.32 Å². The van der Waals surface area contributed by atoms with E-state index in [1.807, 2.05) is 60.6 Å². The molecule has 27 heavy (non-hydrogen) atoms.